The third kappa shape index (κ3) is 5.28. The summed E-state index contributed by atoms with van der Waals surface area (Å²) in [6.07, 6.45) is 0.951. The standard InChI is InChI=1S/C23H28N2O4/c1-3-18-9-11-19(12-10-18)23(27)25-15-13-24(14-16-25)22(26)17-29-21-8-6-5-7-20(21)28-4-2/h5-12H,3-4,13-17H2,1-2H3. The number of hydrogen-bond acceptors (Lipinski definition) is 4. The van der Waals surface area contributed by atoms with Crippen molar-refractivity contribution < 1.29 is 19.1 Å². The molecule has 0 unspecified atom stereocenters. The highest BCUT2D eigenvalue weighted by Crippen LogP contribution is 2.26. The molecular formula is C23H28N2O4. The van der Waals surface area contributed by atoms with Gasteiger partial charge in [-0.3, -0.25) is 9.59 Å². The zero-order valence-electron chi connectivity index (χ0n) is 17.1. The second-order valence-electron chi connectivity index (χ2n) is 6.89. The van der Waals surface area contributed by atoms with E-state index in [1.165, 1.54) is 5.56 Å². The number of para-hydroxylation sites is 2. The average Bonchev–Trinajstić information content (AvgIpc) is 2.78. The largest absolute Gasteiger partial charge is 0.490 e. The second kappa shape index (κ2) is 9.96. The lowest BCUT2D eigenvalue weighted by Crippen LogP contribution is -2.51. The number of piperazine rings is 1. The molecule has 0 N–H and O–H groups in total. The number of rotatable bonds is 7. The number of carbonyl (C=O) groups excluding carboxylic acids is 2. The van der Waals surface area contributed by atoms with Crippen LogP contribution in [0.3, 0.4) is 0 Å². The molecule has 1 heterocycles. The minimum atomic E-state index is -0.0873. The van der Waals surface area contributed by atoms with Crippen LogP contribution in [0.4, 0.5) is 0 Å². The molecule has 0 bridgehead atoms. The first kappa shape index (κ1) is 20.7. The Morgan fingerprint density at radius 2 is 1.41 bits per heavy atom. The van der Waals surface area contributed by atoms with Crippen LogP contribution in [0.25, 0.3) is 0 Å². The third-order valence-electron chi connectivity index (χ3n) is 5.03. The Morgan fingerprint density at radius 1 is 0.828 bits per heavy atom. The molecule has 154 valence electrons. The molecule has 0 spiro atoms. The molecule has 2 aromatic rings. The van der Waals surface area contributed by atoms with Crippen LogP contribution in [-0.2, 0) is 11.2 Å². The van der Waals surface area contributed by atoms with Crippen LogP contribution in [0.15, 0.2) is 48.5 Å². The number of aryl methyl sites for hydroxylation is 1. The second-order valence-corrected chi connectivity index (χ2v) is 6.89. The number of hydrogen-bond donors (Lipinski definition) is 0. The molecule has 6 heteroatoms. The fraction of sp³-hybridized carbons (Fsp3) is 0.391. The highest BCUT2D eigenvalue weighted by atomic mass is 16.5. The van der Waals surface area contributed by atoms with Gasteiger partial charge in [-0.05, 0) is 43.2 Å². The van der Waals surface area contributed by atoms with Gasteiger partial charge in [-0.15, -0.1) is 0 Å². The molecule has 0 aliphatic carbocycles. The predicted molar refractivity (Wildman–Crippen MR) is 111 cm³/mol. The SMILES string of the molecule is CCOc1ccccc1OCC(=O)N1CCN(C(=O)c2ccc(CC)cc2)CC1. The Hall–Kier alpha value is -3.02. The molecule has 1 fully saturated rings. The molecule has 1 saturated heterocycles. The van der Waals surface area contributed by atoms with Crippen molar-refractivity contribution in [2.45, 2.75) is 20.3 Å². The summed E-state index contributed by atoms with van der Waals surface area (Å²) in [4.78, 5) is 28.7. The Kier molecular flexibility index (Phi) is 7.11. The summed E-state index contributed by atoms with van der Waals surface area (Å²) in [5, 5.41) is 0. The lowest BCUT2D eigenvalue weighted by molar-refractivity contribution is -0.134. The maximum atomic E-state index is 12.7. The molecule has 0 atom stereocenters. The summed E-state index contributed by atoms with van der Waals surface area (Å²) in [7, 11) is 0. The number of ether oxygens (including phenoxy) is 2. The summed E-state index contributed by atoms with van der Waals surface area (Å²) < 4.78 is 11.2. The van der Waals surface area contributed by atoms with Crippen LogP contribution in [0.1, 0.15) is 29.8 Å². The minimum Gasteiger partial charge on any atom is -0.490 e. The van der Waals surface area contributed by atoms with Crippen LogP contribution in [-0.4, -0.2) is 61.0 Å². The van der Waals surface area contributed by atoms with Gasteiger partial charge >= 0.3 is 0 Å². The van der Waals surface area contributed by atoms with Gasteiger partial charge in [0, 0.05) is 31.7 Å². The van der Waals surface area contributed by atoms with E-state index in [2.05, 4.69) is 6.92 Å². The van der Waals surface area contributed by atoms with Gasteiger partial charge in [-0.25, -0.2) is 0 Å². The molecule has 2 aromatic carbocycles. The highest BCUT2D eigenvalue weighted by molar-refractivity contribution is 5.94. The number of amides is 2. The topological polar surface area (TPSA) is 59.1 Å². The monoisotopic (exact) mass is 396 g/mol. The predicted octanol–water partition coefficient (Wildman–Crippen LogP) is 3.01. The van der Waals surface area contributed by atoms with Crippen molar-refractivity contribution in [3.05, 3.63) is 59.7 Å². The van der Waals surface area contributed by atoms with Crippen molar-refractivity contribution >= 4 is 11.8 Å². The molecule has 29 heavy (non-hydrogen) atoms. The summed E-state index contributed by atoms with van der Waals surface area (Å²) in [6.45, 7) is 6.54. The van der Waals surface area contributed by atoms with Crippen LogP contribution in [0, 0.1) is 0 Å². The van der Waals surface area contributed by atoms with Gasteiger partial charge in [0.25, 0.3) is 11.8 Å². The van der Waals surface area contributed by atoms with Crippen molar-refractivity contribution in [2.75, 3.05) is 39.4 Å². The van der Waals surface area contributed by atoms with Crippen LogP contribution >= 0.6 is 0 Å². The van der Waals surface area contributed by atoms with E-state index in [1.807, 2.05) is 49.4 Å². The Balaban J connectivity index is 1.49. The molecule has 6 nitrogen and oxygen atoms in total. The van der Waals surface area contributed by atoms with Gasteiger partial charge in [-0.1, -0.05) is 31.2 Å². The lowest BCUT2D eigenvalue weighted by Gasteiger charge is -2.34. The van der Waals surface area contributed by atoms with Gasteiger partial charge < -0.3 is 19.3 Å². The molecule has 0 radical (unpaired) electrons. The normalized spacial score (nSPS) is 13.9. The smallest absolute Gasteiger partial charge is 0.260 e. The van der Waals surface area contributed by atoms with E-state index in [4.69, 9.17) is 9.47 Å². The van der Waals surface area contributed by atoms with Crippen molar-refractivity contribution in [2.24, 2.45) is 0 Å². The summed E-state index contributed by atoms with van der Waals surface area (Å²) in [6, 6.07) is 15.1. The van der Waals surface area contributed by atoms with Crippen LogP contribution in [0.2, 0.25) is 0 Å². The van der Waals surface area contributed by atoms with E-state index in [0.29, 0.717) is 49.8 Å². The average molecular weight is 396 g/mol. The minimum absolute atomic E-state index is 0.0154. The number of nitrogens with zero attached hydrogens (tertiary/aromatic N) is 2. The van der Waals surface area contributed by atoms with Gasteiger partial charge in [-0.2, -0.15) is 0 Å². The van der Waals surface area contributed by atoms with Gasteiger partial charge in [0.05, 0.1) is 6.61 Å². The lowest BCUT2D eigenvalue weighted by atomic mass is 10.1. The van der Waals surface area contributed by atoms with Crippen molar-refractivity contribution in [3.63, 3.8) is 0 Å². The molecule has 0 saturated carbocycles. The van der Waals surface area contributed by atoms with Crippen LogP contribution < -0.4 is 9.47 Å². The maximum absolute atomic E-state index is 12.7. The molecular weight excluding hydrogens is 368 g/mol. The number of benzene rings is 2. The first-order chi connectivity index (χ1) is 14.1. The van der Waals surface area contributed by atoms with Crippen molar-refractivity contribution in [3.8, 4) is 11.5 Å². The van der Waals surface area contributed by atoms with E-state index in [-0.39, 0.29) is 18.4 Å². The van der Waals surface area contributed by atoms with Crippen molar-refractivity contribution in [1.29, 1.82) is 0 Å². The Bertz CT molecular complexity index is 827. The Labute approximate surface area is 172 Å². The van der Waals surface area contributed by atoms with Gasteiger partial charge in [0.15, 0.2) is 18.1 Å². The van der Waals surface area contributed by atoms with E-state index < -0.39 is 0 Å². The van der Waals surface area contributed by atoms with E-state index >= 15 is 0 Å². The fourth-order valence-corrected chi connectivity index (χ4v) is 3.30. The van der Waals surface area contributed by atoms with E-state index in [0.717, 1.165) is 6.42 Å². The third-order valence-corrected chi connectivity index (χ3v) is 5.03. The summed E-state index contributed by atoms with van der Waals surface area (Å²) in [5.41, 5.74) is 1.90. The zero-order chi connectivity index (χ0) is 20.6. The summed E-state index contributed by atoms with van der Waals surface area (Å²) in [5.74, 6) is 1.12. The molecule has 1 aliphatic heterocycles. The summed E-state index contributed by atoms with van der Waals surface area (Å²) >= 11 is 0. The maximum Gasteiger partial charge on any atom is 0.260 e. The Morgan fingerprint density at radius 3 is 2.00 bits per heavy atom. The number of carbonyl (C=O) groups is 2. The van der Waals surface area contributed by atoms with Crippen molar-refractivity contribution in [1.82, 2.24) is 9.80 Å². The van der Waals surface area contributed by atoms with Crippen LogP contribution in [0.5, 0.6) is 11.5 Å². The van der Waals surface area contributed by atoms with E-state index in [9.17, 15) is 9.59 Å². The van der Waals surface area contributed by atoms with Gasteiger partial charge in [0.2, 0.25) is 0 Å². The molecule has 2 amide bonds. The van der Waals surface area contributed by atoms with Gasteiger partial charge in [0.1, 0.15) is 0 Å². The first-order valence-corrected chi connectivity index (χ1v) is 10.1. The quantitative estimate of drug-likeness (QED) is 0.722. The van der Waals surface area contributed by atoms with E-state index in [1.54, 1.807) is 15.9 Å². The molecule has 3 rings (SSSR count). The molecule has 0 aromatic heterocycles. The first-order valence-electron chi connectivity index (χ1n) is 10.1. The highest BCUT2D eigenvalue weighted by Gasteiger charge is 2.25. The zero-order valence-corrected chi connectivity index (χ0v) is 17.1. The fourth-order valence-electron chi connectivity index (χ4n) is 3.30. The molecule has 1 aliphatic rings.